The summed E-state index contributed by atoms with van der Waals surface area (Å²) in [6.45, 7) is 0.141. The van der Waals surface area contributed by atoms with E-state index in [9.17, 15) is 0 Å². The molecular formula is C6H11ClO. The lowest BCUT2D eigenvalue weighted by molar-refractivity contribution is 0.342. The van der Waals surface area contributed by atoms with E-state index in [4.69, 9.17) is 16.7 Å². The molecule has 0 aromatic rings. The van der Waals surface area contributed by atoms with Crippen LogP contribution in [0.25, 0.3) is 0 Å². The Morgan fingerprint density at radius 1 is 1.38 bits per heavy atom. The Balaban J connectivity index is 2.80. The molecule has 0 bridgehead atoms. The zero-order valence-electron chi connectivity index (χ0n) is 4.81. The summed E-state index contributed by atoms with van der Waals surface area (Å²) in [4.78, 5) is 0. The molecule has 0 amide bonds. The standard InChI is InChI=1S/C6H11ClO/c7-5-3-1-2-4-6-8/h2,4,8H,1,3,5-6H2. The molecule has 0 aliphatic carbocycles. The molecule has 0 aliphatic heterocycles. The predicted molar refractivity (Wildman–Crippen MR) is 36.2 cm³/mol. The van der Waals surface area contributed by atoms with E-state index in [1.807, 2.05) is 6.08 Å². The van der Waals surface area contributed by atoms with Gasteiger partial charge in [-0.15, -0.1) is 11.6 Å². The van der Waals surface area contributed by atoms with Crippen molar-refractivity contribution in [2.45, 2.75) is 12.8 Å². The third-order valence-electron chi connectivity index (χ3n) is 0.776. The number of aliphatic hydroxyl groups excluding tert-OH is 1. The van der Waals surface area contributed by atoms with Crippen LogP contribution in [-0.2, 0) is 0 Å². The van der Waals surface area contributed by atoms with E-state index in [-0.39, 0.29) is 6.61 Å². The molecule has 0 radical (unpaired) electrons. The van der Waals surface area contributed by atoms with Crippen molar-refractivity contribution in [3.8, 4) is 0 Å². The summed E-state index contributed by atoms with van der Waals surface area (Å²) < 4.78 is 0. The van der Waals surface area contributed by atoms with Crippen molar-refractivity contribution < 1.29 is 5.11 Å². The van der Waals surface area contributed by atoms with Gasteiger partial charge >= 0.3 is 0 Å². The van der Waals surface area contributed by atoms with Crippen LogP contribution in [0, 0.1) is 0 Å². The Hall–Kier alpha value is -0.0100. The zero-order chi connectivity index (χ0) is 6.24. The van der Waals surface area contributed by atoms with Crippen LogP contribution >= 0.6 is 11.6 Å². The molecule has 0 saturated carbocycles. The lowest BCUT2D eigenvalue weighted by Gasteiger charge is -1.84. The number of hydrogen-bond acceptors (Lipinski definition) is 1. The fraction of sp³-hybridized carbons (Fsp3) is 0.667. The number of halogens is 1. The largest absolute Gasteiger partial charge is 0.392 e. The Kier molecular flexibility index (Phi) is 6.98. The van der Waals surface area contributed by atoms with Gasteiger partial charge in [-0.05, 0) is 12.8 Å². The molecular weight excluding hydrogens is 124 g/mol. The third kappa shape index (κ3) is 5.99. The maximum atomic E-state index is 8.25. The second kappa shape index (κ2) is 6.99. The number of hydrogen-bond donors (Lipinski definition) is 1. The van der Waals surface area contributed by atoms with E-state index < -0.39 is 0 Å². The van der Waals surface area contributed by atoms with E-state index in [2.05, 4.69) is 0 Å². The molecule has 0 aromatic carbocycles. The van der Waals surface area contributed by atoms with Crippen LogP contribution in [0.1, 0.15) is 12.8 Å². The van der Waals surface area contributed by atoms with Gasteiger partial charge in [0, 0.05) is 5.88 Å². The van der Waals surface area contributed by atoms with E-state index in [0.29, 0.717) is 5.88 Å². The van der Waals surface area contributed by atoms with Crippen LogP contribution in [0.5, 0.6) is 0 Å². The quantitative estimate of drug-likeness (QED) is 0.352. The molecule has 0 aliphatic rings. The number of alkyl halides is 1. The van der Waals surface area contributed by atoms with Gasteiger partial charge in [-0.25, -0.2) is 0 Å². The maximum absolute atomic E-state index is 8.25. The SMILES string of the molecule is OCC=CCCCCl. The molecule has 0 spiro atoms. The summed E-state index contributed by atoms with van der Waals surface area (Å²) in [6.07, 6.45) is 5.64. The monoisotopic (exact) mass is 134 g/mol. The van der Waals surface area contributed by atoms with Gasteiger partial charge in [0.1, 0.15) is 0 Å². The van der Waals surface area contributed by atoms with Gasteiger partial charge in [0.25, 0.3) is 0 Å². The van der Waals surface area contributed by atoms with Crippen molar-refractivity contribution in [3.63, 3.8) is 0 Å². The molecule has 0 atom stereocenters. The average molecular weight is 135 g/mol. The van der Waals surface area contributed by atoms with Gasteiger partial charge in [-0.2, -0.15) is 0 Å². The van der Waals surface area contributed by atoms with Gasteiger partial charge in [-0.1, -0.05) is 12.2 Å². The first kappa shape index (κ1) is 7.99. The molecule has 8 heavy (non-hydrogen) atoms. The molecule has 2 heteroatoms. The van der Waals surface area contributed by atoms with Gasteiger partial charge in [0.15, 0.2) is 0 Å². The van der Waals surface area contributed by atoms with Crippen molar-refractivity contribution in [3.05, 3.63) is 12.2 Å². The number of rotatable bonds is 4. The Morgan fingerprint density at radius 3 is 2.62 bits per heavy atom. The van der Waals surface area contributed by atoms with Crippen molar-refractivity contribution in [2.75, 3.05) is 12.5 Å². The summed E-state index contributed by atoms with van der Waals surface area (Å²) in [5, 5.41) is 8.25. The van der Waals surface area contributed by atoms with Crippen LogP contribution in [0.3, 0.4) is 0 Å². The molecule has 0 rings (SSSR count). The van der Waals surface area contributed by atoms with Crippen molar-refractivity contribution in [1.82, 2.24) is 0 Å². The highest BCUT2D eigenvalue weighted by atomic mass is 35.5. The molecule has 48 valence electrons. The fourth-order valence-corrected chi connectivity index (χ4v) is 0.542. The number of allylic oxidation sites excluding steroid dienone is 1. The Morgan fingerprint density at radius 2 is 2.12 bits per heavy atom. The van der Waals surface area contributed by atoms with Crippen molar-refractivity contribution in [1.29, 1.82) is 0 Å². The van der Waals surface area contributed by atoms with Crippen LogP contribution < -0.4 is 0 Å². The van der Waals surface area contributed by atoms with Gasteiger partial charge in [-0.3, -0.25) is 0 Å². The first-order valence-corrected chi connectivity index (χ1v) is 3.27. The summed E-state index contributed by atoms with van der Waals surface area (Å²) in [6, 6.07) is 0. The molecule has 0 heterocycles. The first-order valence-electron chi connectivity index (χ1n) is 2.73. The fourth-order valence-electron chi connectivity index (χ4n) is 0.387. The third-order valence-corrected chi connectivity index (χ3v) is 1.04. The van der Waals surface area contributed by atoms with Crippen LogP contribution in [0.4, 0.5) is 0 Å². The number of aliphatic hydroxyl groups is 1. The van der Waals surface area contributed by atoms with Gasteiger partial charge in [0.2, 0.25) is 0 Å². The predicted octanol–water partition coefficient (Wildman–Crippen LogP) is 1.55. The molecule has 0 unspecified atom stereocenters. The topological polar surface area (TPSA) is 20.2 Å². The summed E-state index contributed by atoms with van der Waals surface area (Å²) in [5.74, 6) is 0.704. The molecule has 1 N–H and O–H groups in total. The highest BCUT2D eigenvalue weighted by Gasteiger charge is 1.76. The maximum Gasteiger partial charge on any atom is 0.0612 e. The van der Waals surface area contributed by atoms with E-state index in [1.54, 1.807) is 6.08 Å². The van der Waals surface area contributed by atoms with Gasteiger partial charge in [0.05, 0.1) is 6.61 Å². The second-order valence-electron chi connectivity index (χ2n) is 1.49. The normalized spacial score (nSPS) is 10.8. The second-order valence-corrected chi connectivity index (χ2v) is 1.86. The Bertz CT molecular complexity index is 61.5. The summed E-state index contributed by atoms with van der Waals surface area (Å²) in [7, 11) is 0. The average Bonchev–Trinajstić information content (AvgIpc) is 1.81. The van der Waals surface area contributed by atoms with Crippen LogP contribution in [0.2, 0.25) is 0 Å². The van der Waals surface area contributed by atoms with Crippen molar-refractivity contribution >= 4 is 11.6 Å². The minimum atomic E-state index is 0.141. The lowest BCUT2D eigenvalue weighted by atomic mass is 10.3. The highest BCUT2D eigenvalue weighted by molar-refractivity contribution is 6.17. The van der Waals surface area contributed by atoms with E-state index >= 15 is 0 Å². The molecule has 0 aromatic heterocycles. The Labute approximate surface area is 55.0 Å². The minimum absolute atomic E-state index is 0.141. The van der Waals surface area contributed by atoms with Crippen LogP contribution in [-0.4, -0.2) is 17.6 Å². The number of unbranched alkanes of at least 4 members (excludes halogenated alkanes) is 1. The summed E-state index contributed by atoms with van der Waals surface area (Å²) in [5.41, 5.74) is 0. The smallest absolute Gasteiger partial charge is 0.0612 e. The first-order chi connectivity index (χ1) is 3.91. The lowest BCUT2D eigenvalue weighted by Crippen LogP contribution is -1.73. The van der Waals surface area contributed by atoms with Crippen LogP contribution in [0.15, 0.2) is 12.2 Å². The van der Waals surface area contributed by atoms with Crippen molar-refractivity contribution in [2.24, 2.45) is 0 Å². The molecule has 0 fully saturated rings. The van der Waals surface area contributed by atoms with E-state index in [0.717, 1.165) is 12.8 Å². The zero-order valence-corrected chi connectivity index (χ0v) is 5.56. The molecule has 0 saturated heterocycles. The highest BCUT2D eigenvalue weighted by Crippen LogP contribution is 1.91. The van der Waals surface area contributed by atoms with Gasteiger partial charge < -0.3 is 5.11 Å². The summed E-state index contributed by atoms with van der Waals surface area (Å²) >= 11 is 5.38. The van der Waals surface area contributed by atoms with E-state index in [1.165, 1.54) is 0 Å². The minimum Gasteiger partial charge on any atom is -0.392 e. The molecule has 1 nitrogen and oxygen atoms in total.